The molecule has 3 nitrogen and oxygen atoms in total. The van der Waals surface area contributed by atoms with Crippen molar-refractivity contribution in [1.29, 1.82) is 0 Å². The van der Waals surface area contributed by atoms with Gasteiger partial charge in [0.25, 0.3) is 5.91 Å². The lowest BCUT2D eigenvalue weighted by Crippen LogP contribution is -2.23. The van der Waals surface area contributed by atoms with Crippen molar-refractivity contribution in [2.75, 3.05) is 0 Å². The van der Waals surface area contributed by atoms with Crippen molar-refractivity contribution in [2.45, 2.75) is 26.4 Å². The van der Waals surface area contributed by atoms with Gasteiger partial charge in [-0.25, -0.2) is 0 Å². The average molecular weight is 295 g/mol. The van der Waals surface area contributed by atoms with Gasteiger partial charge >= 0.3 is 0 Å². The summed E-state index contributed by atoms with van der Waals surface area (Å²) in [6.07, 6.45) is 0. The largest absolute Gasteiger partial charge is 0.488 e. The summed E-state index contributed by atoms with van der Waals surface area (Å²) in [5.74, 6) is 0.557. The van der Waals surface area contributed by atoms with Crippen molar-refractivity contribution in [1.82, 2.24) is 5.32 Å². The highest BCUT2D eigenvalue weighted by Crippen LogP contribution is 2.19. The molecular weight excluding hydrogens is 274 g/mol. The van der Waals surface area contributed by atoms with Crippen molar-refractivity contribution in [2.24, 2.45) is 0 Å². The van der Waals surface area contributed by atoms with Crippen LogP contribution in [0.5, 0.6) is 5.75 Å². The molecule has 0 atom stereocenters. The second-order valence-corrected chi connectivity index (χ2v) is 6.04. The number of rotatable bonds is 4. The molecule has 22 heavy (non-hydrogen) atoms. The Morgan fingerprint density at radius 1 is 0.955 bits per heavy atom. The summed E-state index contributed by atoms with van der Waals surface area (Å²) in [7, 11) is 0. The highest BCUT2D eigenvalue weighted by molar-refractivity contribution is 5.99. The van der Waals surface area contributed by atoms with Crippen LogP contribution < -0.4 is 10.1 Å². The average Bonchev–Trinajstić information content (AvgIpc) is 2.47. The maximum absolute atomic E-state index is 12.2. The Labute approximate surface area is 131 Å². The first-order valence-corrected chi connectivity index (χ1v) is 7.20. The van der Waals surface area contributed by atoms with E-state index >= 15 is 0 Å². The molecular formula is C19H21NO2. The fraction of sp³-hybridized carbons (Fsp3) is 0.211. The second kappa shape index (κ2) is 6.48. The summed E-state index contributed by atoms with van der Waals surface area (Å²) in [5, 5.41) is 2.81. The summed E-state index contributed by atoms with van der Waals surface area (Å²) in [6, 6.07) is 16.6. The molecule has 0 aliphatic carbocycles. The Bertz CT molecular complexity index is 652. The number of hydrogen-bond donors (Lipinski definition) is 1. The van der Waals surface area contributed by atoms with Crippen molar-refractivity contribution in [3.63, 3.8) is 0 Å². The predicted molar refractivity (Wildman–Crippen MR) is 89.8 cm³/mol. The Hall–Kier alpha value is -2.55. The topological polar surface area (TPSA) is 38.3 Å². The van der Waals surface area contributed by atoms with Crippen LogP contribution in [0.15, 0.2) is 61.2 Å². The predicted octanol–water partition coefficient (Wildman–Crippen LogP) is 4.26. The lowest BCUT2D eigenvalue weighted by atomic mass is 10.1. The molecule has 0 aromatic heterocycles. The maximum atomic E-state index is 12.2. The number of nitrogens with one attached hydrogen (secondary N) is 1. The van der Waals surface area contributed by atoms with Gasteiger partial charge in [0.2, 0.25) is 0 Å². The first kappa shape index (κ1) is 15.8. The van der Waals surface area contributed by atoms with Crippen molar-refractivity contribution in [3.05, 3.63) is 72.3 Å². The monoisotopic (exact) mass is 295 g/mol. The van der Waals surface area contributed by atoms with Crippen LogP contribution in [0.4, 0.5) is 0 Å². The molecule has 0 spiro atoms. The van der Waals surface area contributed by atoms with Crippen molar-refractivity contribution < 1.29 is 9.53 Å². The van der Waals surface area contributed by atoms with E-state index in [1.54, 1.807) is 24.3 Å². The van der Waals surface area contributed by atoms with Crippen LogP contribution in [-0.4, -0.2) is 11.5 Å². The molecule has 3 heteroatoms. The molecule has 0 bridgehead atoms. The minimum absolute atomic E-state index is 0.184. The van der Waals surface area contributed by atoms with E-state index in [-0.39, 0.29) is 11.5 Å². The molecule has 0 heterocycles. The maximum Gasteiger partial charge on any atom is 0.255 e. The van der Waals surface area contributed by atoms with E-state index < -0.39 is 0 Å². The van der Waals surface area contributed by atoms with Gasteiger partial charge < -0.3 is 10.1 Å². The smallest absolute Gasteiger partial charge is 0.255 e. The van der Waals surface area contributed by atoms with Gasteiger partial charge in [-0.2, -0.15) is 0 Å². The summed E-state index contributed by atoms with van der Waals surface area (Å²) in [5.41, 5.74) is 1.79. The fourth-order valence-corrected chi connectivity index (χ4v) is 1.95. The lowest BCUT2D eigenvalue weighted by molar-refractivity contribution is 0.0973. The number of carbonyl (C=O) groups is 1. The molecule has 0 saturated carbocycles. The Morgan fingerprint density at radius 2 is 1.55 bits per heavy atom. The number of benzene rings is 2. The standard InChI is InChI=1S/C19H21NO2/c1-14(15-8-6-5-7-9-15)20-18(21)16-10-12-17(13-11-16)22-19(2,3)4/h5-13H,1H2,2-4H3,(H,20,21). The summed E-state index contributed by atoms with van der Waals surface area (Å²) >= 11 is 0. The first-order chi connectivity index (χ1) is 10.3. The van der Waals surface area contributed by atoms with Gasteiger partial charge in [0.1, 0.15) is 11.4 Å². The number of ether oxygens (including phenoxy) is 1. The minimum atomic E-state index is -0.259. The van der Waals surface area contributed by atoms with Crippen molar-refractivity contribution >= 4 is 11.6 Å². The fourth-order valence-electron chi connectivity index (χ4n) is 1.95. The second-order valence-electron chi connectivity index (χ2n) is 6.04. The molecule has 0 unspecified atom stereocenters. The lowest BCUT2D eigenvalue weighted by Gasteiger charge is -2.21. The van der Waals surface area contributed by atoms with Gasteiger partial charge in [0, 0.05) is 11.3 Å². The summed E-state index contributed by atoms with van der Waals surface area (Å²) in [6.45, 7) is 9.85. The number of hydrogen-bond acceptors (Lipinski definition) is 2. The normalized spacial score (nSPS) is 10.9. The molecule has 0 aliphatic rings. The molecule has 0 saturated heterocycles. The van der Waals surface area contributed by atoms with Gasteiger partial charge in [0.15, 0.2) is 0 Å². The third kappa shape index (κ3) is 4.48. The zero-order chi connectivity index (χ0) is 16.2. The van der Waals surface area contributed by atoms with E-state index in [0.29, 0.717) is 11.3 Å². The van der Waals surface area contributed by atoms with E-state index in [9.17, 15) is 4.79 Å². The van der Waals surface area contributed by atoms with Crippen LogP contribution in [0.25, 0.3) is 5.70 Å². The molecule has 114 valence electrons. The third-order valence-electron chi connectivity index (χ3n) is 2.93. The summed E-state index contributed by atoms with van der Waals surface area (Å²) < 4.78 is 5.74. The minimum Gasteiger partial charge on any atom is -0.488 e. The van der Waals surface area contributed by atoms with E-state index in [1.165, 1.54) is 0 Å². The zero-order valence-corrected chi connectivity index (χ0v) is 13.2. The third-order valence-corrected chi connectivity index (χ3v) is 2.93. The quantitative estimate of drug-likeness (QED) is 0.915. The number of carbonyl (C=O) groups excluding carboxylic acids is 1. The van der Waals surface area contributed by atoms with Crippen LogP contribution in [0.2, 0.25) is 0 Å². The van der Waals surface area contributed by atoms with Crippen LogP contribution in [0.1, 0.15) is 36.7 Å². The SMILES string of the molecule is C=C(NC(=O)c1ccc(OC(C)(C)C)cc1)c1ccccc1. The molecule has 1 amide bonds. The van der Waals surface area contributed by atoms with Gasteiger partial charge in [0.05, 0.1) is 0 Å². The molecule has 2 aromatic carbocycles. The van der Waals surface area contributed by atoms with Crippen LogP contribution in [0.3, 0.4) is 0 Å². The van der Waals surface area contributed by atoms with Gasteiger partial charge in [-0.05, 0) is 50.6 Å². The van der Waals surface area contributed by atoms with Gasteiger partial charge in [-0.15, -0.1) is 0 Å². The molecule has 2 aromatic rings. The van der Waals surface area contributed by atoms with Gasteiger partial charge in [-0.1, -0.05) is 36.9 Å². The van der Waals surface area contributed by atoms with Crippen LogP contribution in [-0.2, 0) is 0 Å². The van der Waals surface area contributed by atoms with E-state index in [2.05, 4.69) is 11.9 Å². The molecule has 0 radical (unpaired) electrons. The zero-order valence-electron chi connectivity index (χ0n) is 13.2. The highest BCUT2D eigenvalue weighted by Gasteiger charge is 2.13. The highest BCUT2D eigenvalue weighted by atomic mass is 16.5. The summed E-state index contributed by atoms with van der Waals surface area (Å²) in [4.78, 5) is 12.2. The molecule has 2 rings (SSSR count). The number of amides is 1. The van der Waals surface area contributed by atoms with E-state index in [4.69, 9.17) is 4.74 Å². The van der Waals surface area contributed by atoms with Crippen LogP contribution in [0, 0.1) is 0 Å². The molecule has 1 N–H and O–H groups in total. The Kier molecular flexibility index (Phi) is 4.66. The Morgan fingerprint density at radius 3 is 2.09 bits per heavy atom. The van der Waals surface area contributed by atoms with E-state index in [1.807, 2.05) is 51.1 Å². The van der Waals surface area contributed by atoms with Gasteiger partial charge in [-0.3, -0.25) is 4.79 Å². The molecule has 0 fully saturated rings. The van der Waals surface area contributed by atoms with E-state index in [0.717, 1.165) is 11.3 Å². The first-order valence-electron chi connectivity index (χ1n) is 7.20. The Balaban J connectivity index is 2.03. The van der Waals surface area contributed by atoms with Crippen LogP contribution >= 0.6 is 0 Å². The van der Waals surface area contributed by atoms with Crippen molar-refractivity contribution in [3.8, 4) is 5.75 Å². The molecule has 0 aliphatic heterocycles.